The average Bonchev–Trinajstić information content (AvgIpc) is 2.73. The van der Waals surface area contributed by atoms with Crippen molar-refractivity contribution in [1.82, 2.24) is 0 Å². The monoisotopic (exact) mass is 255 g/mol. The first-order valence-electron chi connectivity index (χ1n) is 6.33. The molecule has 2 unspecified atom stereocenters. The van der Waals surface area contributed by atoms with E-state index in [4.69, 9.17) is 26.5 Å². The Morgan fingerprint density at radius 2 is 2.29 bits per heavy atom. The molecule has 4 heteroatoms. The van der Waals surface area contributed by atoms with E-state index >= 15 is 0 Å². The van der Waals surface area contributed by atoms with Gasteiger partial charge in [-0.05, 0) is 55.7 Å². The molecule has 1 spiro atoms. The van der Waals surface area contributed by atoms with Crippen LogP contribution in [0.5, 0.6) is 0 Å². The van der Waals surface area contributed by atoms with Gasteiger partial charge < -0.3 is 14.9 Å². The molecule has 2 heterocycles. The highest BCUT2D eigenvalue weighted by atomic mass is 35.5. The lowest BCUT2D eigenvalue weighted by molar-refractivity contribution is -0.146. The zero-order chi connectivity index (χ0) is 11.9. The van der Waals surface area contributed by atoms with Crippen LogP contribution in [0.4, 0.5) is 0 Å². The Balaban J connectivity index is 1.73. The van der Waals surface area contributed by atoms with Gasteiger partial charge in [-0.15, -0.1) is 0 Å². The van der Waals surface area contributed by atoms with Gasteiger partial charge in [-0.1, -0.05) is 0 Å². The van der Waals surface area contributed by atoms with Crippen LogP contribution in [-0.2, 0) is 4.74 Å². The van der Waals surface area contributed by atoms with Crippen molar-refractivity contribution < 1.29 is 9.15 Å². The van der Waals surface area contributed by atoms with Crippen LogP contribution in [0.2, 0.25) is 5.22 Å². The number of ether oxygens (including phenoxy) is 1. The topological polar surface area (TPSA) is 48.4 Å². The fourth-order valence-corrected chi connectivity index (χ4v) is 3.33. The van der Waals surface area contributed by atoms with Gasteiger partial charge in [-0.2, -0.15) is 0 Å². The minimum Gasteiger partial charge on any atom is -0.453 e. The SMILES string of the molecule is NC(c1ccoc1Cl)C1CCOC2(CCC2)C1. The van der Waals surface area contributed by atoms with Gasteiger partial charge in [-0.25, -0.2) is 0 Å². The molecule has 17 heavy (non-hydrogen) atoms. The summed E-state index contributed by atoms with van der Waals surface area (Å²) in [5, 5.41) is 0.437. The molecule has 0 radical (unpaired) electrons. The second-order valence-corrected chi connectivity index (χ2v) is 5.66. The zero-order valence-electron chi connectivity index (χ0n) is 9.82. The quantitative estimate of drug-likeness (QED) is 0.882. The first-order valence-corrected chi connectivity index (χ1v) is 6.70. The predicted molar refractivity (Wildman–Crippen MR) is 65.9 cm³/mol. The molecule has 1 aliphatic carbocycles. The largest absolute Gasteiger partial charge is 0.453 e. The van der Waals surface area contributed by atoms with Gasteiger partial charge in [0.2, 0.25) is 0 Å². The summed E-state index contributed by atoms with van der Waals surface area (Å²) in [6, 6.07) is 1.86. The number of furan rings is 1. The van der Waals surface area contributed by atoms with E-state index < -0.39 is 0 Å². The molecule has 2 fully saturated rings. The van der Waals surface area contributed by atoms with Crippen LogP contribution >= 0.6 is 11.6 Å². The van der Waals surface area contributed by atoms with Crippen LogP contribution in [0.3, 0.4) is 0 Å². The van der Waals surface area contributed by atoms with Crippen LogP contribution in [0, 0.1) is 5.92 Å². The maximum absolute atomic E-state index is 6.31. The molecular formula is C13H18ClNO2. The van der Waals surface area contributed by atoms with E-state index in [0.717, 1.165) is 25.0 Å². The molecular weight excluding hydrogens is 238 g/mol. The zero-order valence-corrected chi connectivity index (χ0v) is 10.6. The first-order chi connectivity index (χ1) is 8.20. The maximum Gasteiger partial charge on any atom is 0.197 e. The summed E-state index contributed by atoms with van der Waals surface area (Å²) >= 11 is 5.99. The Morgan fingerprint density at radius 1 is 1.47 bits per heavy atom. The number of hydrogen-bond donors (Lipinski definition) is 1. The van der Waals surface area contributed by atoms with Crippen LogP contribution in [0.1, 0.15) is 43.7 Å². The van der Waals surface area contributed by atoms with Crippen molar-refractivity contribution in [2.24, 2.45) is 11.7 Å². The van der Waals surface area contributed by atoms with Gasteiger partial charge in [0.05, 0.1) is 11.9 Å². The van der Waals surface area contributed by atoms with Crippen molar-refractivity contribution in [3.8, 4) is 0 Å². The molecule has 1 aromatic rings. The summed E-state index contributed by atoms with van der Waals surface area (Å²) < 4.78 is 11.0. The highest BCUT2D eigenvalue weighted by Gasteiger charge is 2.44. The van der Waals surface area contributed by atoms with Gasteiger partial charge >= 0.3 is 0 Å². The molecule has 2 N–H and O–H groups in total. The molecule has 0 aromatic carbocycles. The Hall–Kier alpha value is -0.510. The van der Waals surface area contributed by atoms with Gasteiger partial charge in [-0.3, -0.25) is 0 Å². The Morgan fingerprint density at radius 3 is 2.88 bits per heavy atom. The molecule has 0 bridgehead atoms. The predicted octanol–water partition coefficient (Wildman–Crippen LogP) is 3.28. The summed E-state index contributed by atoms with van der Waals surface area (Å²) in [6.45, 7) is 0.827. The minimum atomic E-state index is -0.0253. The Bertz CT molecular complexity index is 400. The lowest BCUT2D eigenvalue weighted by Gasteiger charge is -2.48. The van der Waals surface area contributed by atoms with Crippen molar-refractivity contribution >= 4 is 11.6 Å². The van der Waals surface area contributed by atoms with Crippen molar-refractivity contribution in [2.75, 3.05) is 6.61 Å². The fourth-order valence-electron chi connectivity index (χ4n) is 3.09. The van der Waals surface area contributed by atoms with Crippen molar-refractivity contribution in [2.45, 2.75) is 43.7 Å². The second-order valence-electron chi connectivity index (χ2n) is 5.31. The van der Waals surface area contributed by atoms with Gasteiger partial charge in [0.25, 0.3) is 0 Å². The summed E-state index contributed by atoms with van der Waals surface area (Å²) in [5.74, 6) is 0.458. The van der Waals surface area contributed by atoms with Crippen LogP contribution < -0.4 is 5.73 Å². The van der Waals surface area contributed by atoms with Crippen LogP contribution in [0.25, 0.3) is 0 Å². The minimum absolute atomic E-state index is 0.0253. The highest BCUT2D eigenvalue weighted by Crippen LogP contribution is 2.47. The van der Waals surface area contributed by atoms with Gasteiger partial charge in [0.15, 0.2) is 5.22 Å². The number of halogens is 1. The molecule has 1 aromatic heterocycles. The molecule has 0 amide bonds. The standard InChI is InChI=1S/C13H18ClNO2/c14-12-10(3-6-16-12)11(15)9-2-7-17-13(8-9)4-1-5-13/h3,6,9,11H,1-2,4-5,7-8,15H2. The fraction of sp³-hybridized carbons (Fsp3) is 0.692. The molecule has 94 valence electrons. The molecule has 2 atom stereocenters. The number of hydrogen-bond acceptors (Lipinski definition) is 3. The molecule has 1 aliphatic heterocycles. The summed E-state index contributed by atoms with van der Waals surface area (Å²) in [4.78, 5) is 0. The lowest BCUT2D eigenvalue weighted by atomic mass is 9.70. The van der Waals surface area contributed by atoms with Crippen LogP contribution in [-0.4, -0.2) is 12.2 Å². The van der Waals surface area contributed by atoms with Crippen molar-refractivity contribution in [1.29, 1.82) is 0 Å². The Kier molecular flexibility index (Phi) is 2.93. The highest BCUT2D eigenvalue weighted by molar-refractivity contribution is 6.29. The van der Waals surface area contributed by atoms with Crippen molar-refractivity contribution in [3.05, 3.63) is 23.1 Å². The average molecular weight is 256 g/mol. The Labute approximate surface area is 106 Å². The van der Waals surface area contributed by atoms with E-state index in [1.165, 1.54) is 19.3 Å². The van der Waals surface area contributed by atoms with Gasteiger partial charge in [0, 0.05) is 18.2 Å². The third kappa shape index (κ3) is 2.01. The first kappa shape index (κ1) is 11.6. The van der Waals surface area contributed by atoms with Crippen LogP contribution in [0.15, 0.2) is 16.7 Å². The van der Waals surface area contributed by atoms with E-state index in [9.17, 15) is 0 Å². The normalized spacial score (nSPS) is 28.9. The van der Waals surface area contributed by atoms with Gasteiger partial charge in [0.1, 0.15) is 0 Å². The summed E-state index contributed by atoms with van der Waals surface area (Å²) in [7, 11) is 0. The lowest BCUT2D eigenvalue weighted by Crippen LogP contribution is -2.47. The third-order valence-electron chi connectivity index (χ3n) is 4.31. The molecule has 1 saturated carbocycles. The van der Waals surface area contributed by atoms with Crippen molar-refractivity contribution in [3.63, 3.8) is 0 Å². The van der Waals surface area contributed by atoms with E-state index in [-0.39, 0.29) is 11.6 Å². The molecule has 2 aliphatic rings. The second kappa shape index (κ2) is 4.30. The molecule has 3 rings (SSSR count). The maximum atomic E-state index is 6.31. The van der Waals surface area contributed by atoms with E-state index in [1.54, 1.807) is 6.26 Å². The number of rotatable bonds is 2. The summed E-state index contributed by atoms with van der Waals surface area (Å²) in [6.07, 6.45) is 7.36. The third-order valence-corrected chi connectivity index (χ3v) is 4.62. The van der Waals surface area contributed by atoms with E-state index in [2.05, 4.69) is 0 Å². The van der Waals surface area contributed by atoms with E-state index in [1.807, 2.05) is 6.07 Å². The smallest absolute Gasteiger partial charge is 0.197 e. The number of nitrogens with two attached hydrogens (primary N) is 1. The molecule has 3 nitrogen and oxygen atoms in total. The summed E-state index contributed by atoms with van der Waals surface area (Å²) in [5.41, 5.74) is 7.39. The van der Waals surface area contributed by atoms with E-state index in [0.29, 0.717) is 11.1 Å². The molecule has 1 saturated heterocycles.